The van der Waals surface area contributed by atoms with Crippen molar-refractivity contribution < 1.29 is 9.53 Å². The average Bonchev–Trinajstić information content (AvgIpc) is 3.49. The first-order valence-corrected chi connectivity index (χ1v) is 11.3. The SMILES string of the molecule is Cc1cc(N2CCCCC2CC(=O)NCc2ccc3c(c2)CCO3)nc(-n2ccnc2)n1. The molecule has 4 heterocycles. The van der Waals surface area contributed by atoms with Gasteiger partial charge in [0.1, 0.15) is 17.9 Å². The predicted octanol–water partition coefficient (Wildman–Crippen LogP) is 2.97. The number of piperidine rings is 1. The largest absolute Gasteiger partial charge is 0.493 e. The molecule has 1 amide bonds. The molecule has 0 spiro atoms. The van der Waals surface area contributed by atoms with E-state index in [9.17, 15) is 4.79 Å². The highest BCUT2D eigenvalue weighted by molar-refractivity contribution is 5.77. The van der Waals surface area contributed by atoms with E-state index >= 15 is 0 Å². The fraction of sp³-hybridized carbons (Fsp3) is 0.417. The number of amides is 1. The molecule has 166 valence electrons. The Kier molecular flexibility index (Phi) is 5.75. The van der Waals surface area contributed by atoms with E-state index in [4.69, 9.17) is 9.72 Å². The molecule has 0 radical (unpaired) electrons. The Morgan fingerprint density at radius 1 is 1.25 bits per heavy atom. The Labute approximate surface area is 187 Å². The van der Waals surface area contributed by atoms with Crippen LogP contribution in [0.15, 0.2) is 43.0 Å². The monoisotopic (exact) mass is 432 g/mol. The van der Waals surface area contributed by atoms with Crippen LogP contribution < -0.4 is 15.0 Å². The van der Waals surface area contributed by atoms with E-state index in [0.717, 1.165) is 61.7 Å². The van der Waals surface area contributed by atoms with E-state index < -0.39 is 0 Å². The summed E-state index contributed by atoms with van der Waals surface area (Å²) in [7, 11) is 0. The second-order valence-corrected chi connectivity index (χ2v) is 8.50. The van der Waals surface area contributed by atoms with Crippen LogP contribution in [0.3, 0.4) is 0 Å². The lowest BCUT2D eigenvalue weighted by atomic mass is 9.98. The number of anilines is 1. The summed E-state index contributed by atoms with van der Waals surface area (Å²) >= 11 is 0. The molecule has 5 rings (SSSR count). The normalized spacial score (nSPS) is 17.7. The maximum Gasteiger partial charge on any atom is 0.237 e. The third-order valence-corrected chi connectivity index (χ3v) is 6.15. The quantitative estimate of drug-likeness (QED) is 0.645. The van der Waals surface area contributed by atoms with Gasteiger partial charge in [-0.15, -0.1) is 0 Å². The number of fused-ring (bicyclic) bond motifs is 1. The minimum atomic E-state index is 0.0688. The van der Waals surface area contributed by atoms with Crippen LogP contribution in [0.2, 0.25) is 0 Å². The van der Waals surface area contributed by atoms with Crippen LogP contribution >= 0.6 is 0 Å². The van der Waals surface area contributed by atoms with Crippen LogP contribution in [-0.4, -0.2) is 44.6 Å². The van der Waals surface area contributed by atoms with Gasteiger partial charge in [0, 0.05) is 56.1 Å². The first-order chi connectivity index (χ1) is 15.7. The summed E-state index contributed by atoms with van der Waals surface area (Å²) < 4.78 is 7.37. The van der Waals surface area contributed by atoms with Crippen molar-refractivity contribution in [3.05, 3.63) is 59.8 Å². The van der Waals surface area contributed by atoms with Gasteiger partial charge >= 0.3 is 0 Å². The van der Waals surface area contributed by atoms with Gasteiger partial charge in [-0.3, -0.25) is 9.36 Å². The number of carbonyl (C=O) groups is 1. The van der Waals surface area contributed by atoms with Crippen molar-refractivity contribution in [3.63, 3.8) is 0 Å². The number of aromatic nitrogens is 4. The van der Waals surface area contributed by atoms with Gasteiger partial charge in [0.05, 0.1) is 6.61 Å². The number of benzene rings is 1. The number of hydrogen-bond donors (Lipinski definition) is 1. The third kappa shape index (κ3) is 4.44. The van der Waals surface area contributed by atoms with E-state index in [1.54, 1.807) is 12.5 Å². The fourth-order valence-corrected chi connectivity index (χ4v) is 4.53. The highest BCUT2D eigenvalue weighted by atomic mass is 16.5. The van der Waals surface area contributed by atoms with Gasteiger partial charge in [0.2, 0.25) is 11.9 Å². The highest BCUT2D eigenvalue weighted by Gasteiger charge is 2.26. The number of aryl methyl sites for hydroxylation is 1. The molecule has 0 saturated carbocycles. The second-order valence-electron chi connectivity index (χ2n) is 8.50. The van der Waals surface area contributed by atoms with E-state index in [1.807, 2.05) is 35.9 Å². The molecule has 2 aromatic heterocycles. The molecule has 8 nitrogen and oxygen atoms in total. The topological polar surface area (TPSA) is 85.2 Å². The first-order valence-electron chi connectivity index (χ1n) is 11.3. The van der Waals surface area contributed by atoms with Crippen molar-refractivity contribution in [1.82, 2.24) is 24.8 Å². The van der Waals surface area contributed by atoms with Crippen LogP contribution in [0, 0.1) is 6.92 Å². The lowest BCUT2D eigenvalue weighted by molar-refractivity contribution is -0.121. The number of nitrogens with one attached hydrogen (secondary N) is 1. The average molecular weight is 433 g/mol. The number of ether oxygens (including phenoxy) is 1. The molecule has 8 heteroatoms. The Balaban J connectivity index is 1.26. The molecule has 1 saturated heterocycles. The summed E-state index contributed by atoms with van der Waals surface area (Å²) in [5.74, 6) is 2.51. The number of carbonyl (C=O) groups excluding carboxylic acids is 1. The maximum atomic E-state index is 12.8. The minimum absolute atomic E-state index is 0.0688. The van der Waals surface area contributed by atoms with Crippen LogP contribution in [0.4, 0.5) is 5.82 Å². The van der Waals surface area contributed by atoms with Crippen molar-refractivity contribution in [2.45, 2.75) is 51.6 Å². The van der Waals surface area contributed by atoms with Gasteiger partial charge < -0.3 is 15.0 Å². The van der Waals surface area contributed by atoms with Crippen LogP contribution in [-0.2, 0) is 17.8 Å². The lowest BCUT2D eigenvalue weighted by Gasteiger charge is -2.36. The molecule has 0 bridgehead atoms. The molecule has 1 unspecified atom stereocenters. The summed E-state index contributed by atoms with van der Waals surface area (Å²) in [5, 5.41) is 3.10. The Bertz CT molecular complexity index is 1100. The number of rotatable bonds is 6. The van der Waals surface area contributed by atoms with Crippen LogP contribution in [0.1, 0.15) is 42.5 Å². The second kappa shape index (κ2) is 8.98. The summed E-state index contributed by atoms with van der Waals surface area (Å²) in [6.45, 7) is 4.14. The molecule has 2 aliphatic rings. The molecule has 2 aliphatic heterocycles. The van der Waals surface area contributed by atoms with Crippen LogP contribution in [0.5, 0.6) is 5.75 Å². The van der Waals surface area contributed by atoms with E-state index in [1.165, 1.54) is 5.56 Å². The van der Waals surface area contributed by atoms with Crippen molar-refractivity contribution in [2.75, 3.05) is 18.1 Å². The van der Waals surface area contributed by atoms with Crippen molar-refractivity contribution in [1.29, 1.82) is 0 Å². The molecular formula is C24H28N6O2. The van der Waals surface area contributed by atoms with Gasteiger partial charge in [-0.1, -0.05) is 12.1 Å². The third-order valence-electron chi connectivity index (χ3n) is 6.15. The van der Waals surface area contributed by atoms with Crippen molar-refractivity contribution in [2.24, 2.45) is 0 Å². The standard InChI is InChI=1S/C24H28N6O2/c1-17-12-22(28-24(27-17)29-10-8-25-16-29)30-9-3-2-4-20(30)14-23(31)26-15-18-5-6-21-19(13-18)7-11-32-21/h5-6,8,10,12-13,16,20H,2-4,7,9,11,14-15H2,1H3,(H,26,31). The molecule has 1 fully saturated rings. The summed E-state index contributed by atoms with van der Waals surface area (Å²) in [6, 6.07) is 8.29. The number of nitrogens with zero attached hydrogens (tertiary/aromatic N) is 5. The highest BCUT2D eigenvalue weighted by Crippen LogP contribution is 2.27. The maximum absolute atomic E-state index is 12.8. The number of imidazole rings is 1. The van der Waals surface area contributed by atoms with Gasteiger partial charge in [0.15, 0.2) is 0 Å². The fourth-order valence-electron chi connectivity index (χ4n) is 4.53. The van der Waals surface area contributed by atoms with Gasteiger partial charge in [0.25, 0.3) is 0 Å². The van der Waals surface area contributed by atoms with Crippen molar-refractivity contribution in [3.8, 4) is 11.7 Å². The minimum Gasteiger partial charge on any atom is -0.493 e. The Morgan fingerprint density at radius 3 is 3.06 bits per heavy atom. The summed E-state index contributed by atoms with van der Waals surface area (Å²) in [6.07, 6.45) is 9.84. The predicted molar refractivity (Wildman–Crippen MR) is 121 cm³/mol. The molecule has 1 N–H and O–H groups in total. The molecule has 1 aromatic carbocycles. The van der Waals surface area contributed by atoms with Crippen molar-refractivity contribution >= 4 is 11.7 Å². The zero-order valence-corrected chi connectivity index (χ0v) is 18.3. The first kappa shape index (κ1) is 20.5. The van der Waals surface area contributed by atoms with E-state index in [0.29, 0.717) is 18.9 Å². The molecule has 3 aromatic rings. The zero-order valence-electron chi connectivity index (χ0n) is 18.3. The smallest absolute Gasteiger partial charge is 0.237 e. The van der Waals surface area contributed by atoms with Gasteiger partial charge in [-0.25, -0.2) is 9.97 Å². The van der Waals surface area contributed by atoms with Gasteiger partial charge in [-0.2, -0.15) is 4.98 Å². The summed E-state index contributed by atoms with van der Waals surface area (Å²) in [5.41, 5.74) is 3.23. The zero-order chi connectivity index (χ0) is 21.9. The number of hydrogen-bond acceptors (Lipinski definition) is 6. The van der Waals surface area contributed by atoms with E-state index in [-0.39, 0.29) is 11.9 Å². The van der Waals surface area contributed by atoms with Crippen LogP contribution in [0.25, 0.3) is 5.95 Å². The molecule has 0 aliphatic carbocycles. The Morgan fingerprint density at radius 2 is 2.19 bits per heavy atom. The summed E-state index contributed by atoms with van der Waals surface area (Å²) in [4.78, 5) is 28.5. The molecule has 32 heavy (non-hydrogen) atoms. The lowest BCUT2D eigenvalue weighted by Crippen LogP contribution is -2.43. The Hall–Kier alpha value is -3.42. The molecule has 1 atom stereocenters. The molecular weight excluding hydrogens is 404 g/mol. The van der Waals surface area contributed by atoms with E-state index in [2.05, 4.69) is 26.3 Å². The van der Waals surface area contributed by atoms with Gasteiger partial charge in [-0.05, 0) is 43.4 Å².